The molecule has 0 aliphatic carbocycles. The number of benzene rings is 2. The predicted octanol–water partition coefficient (Wildman–Crippen LogP) is 3.12. The average Bonchev–Trinajstić information content (AvgIpc) is 2.48. The van der Waals surface area contributed by atoms with Crippen LogP contribution in [0.4, 0.5) is 10.1 Å². The molecule has 0 aliphatic rings. The minimum atomic E-state index is -0.488. The fourth-order valence-electron chi connectivity index (χ4n) is 2.34. The number of rotatable bonds is 7. The summed E-state index contributed by atoms with van der Waals surface area (Å²) in [4.78, 5) is 12.6. The summed E-state index contributed by atoms with van der Waals surface area (Å²) in [6.07, 6.45) is 0. The molecule has 5 nitrogen and oxygen atoms in total. The lowest BCUT2D eigenvalue weighted by Crippen LogP contribution is -2.29. The lowest BCUT2D eigenvalue weighted by atomic mass is 10.1. The minimum absolute atomic E-state index is 0. The molecule has 0 fully saturated rings. The van der Waals surface area contributed by atoms with Crippen LogP contribution in [0.25, 0.3) is 0 Å². The zero-order valence-electron chi connectivity index (χ0n) is 12.5. The molecule has 0 atom stereocenters. The second-order valence-electron chi connectivity index (χ2n) is 5.02. The summed E-state index contributed by atoms with van der Waals surface area (Å²) >= 11 is 0. The summed E-state index contributed by atoms with van der Waals surface area (Å²) in [5.74, 6) is -0.479. The molecular weight excluding hydrogens is 321 g/mol. The first kappa shape index (κ1) is 19.0. The monoisotopic (exact) mass is 339 g/mol. The fourth-order valence-corrected chi connectivity index (χ4v) is 2.34. The molecule has 0 saturated carbocycles. The number of nitro groups is 1. The smallest absolute Gasteiger partial charge is 0.274 e. The Kier molecular flexibility index (Phi) is 7.61. The Morgan fingerprint density at radius 1 is 1.13 bits per heavy atom. The van der Waals surface area contributed by atoms with Crippen molar-refractivity contribution in [1.29, 1.82) is 0 Å². The van der Waals surface area contributed by atoms with Gasteiger partial charge >= 0.3 is 0 Å². The largest absolute Gasteiger partial charge is 0.329 e. The van der Waals surface area contributed by atoms with Gasteiger partial charge in [-0.25, -0.2) is 4.39 Å². The van der Waals surface area contributed by atoms with Crippen molar-refractivity contribution >= 4 is 18.1 Å². The van der Waals surface area contributed by atoms with Crippen LogP contribution >= 0.6 is 12.4 Å². The third-order valence-corrected chi connectivity index (χ3v) is 3.33. The van der Waals surface area contributed by atoms with Crippen molar-refractivity contribution in [3.05, 3.63) is 75.6 Å². The molecule has 0 heterocycles. The summed E-state index contributed by atoms with van der Waals surface area (Å²) in [5, 5.41) is 11.1. The first-order valence-electron chi connectivity index (χ1n) is 6.99. The molecule has 0 radical (unpaired) electrons. The summed E-state index contributed by atoms with van der Waals surface area (Å²) < 4.78 is 13.4. The minimum Gasteiger partial charge on any atom is -0.329 e. The van der Waals surface area contributed by atoms with E-state index in [1.54, 1.807) is 0 Å². The zero-order valence-corrected chi connectivity index (χ0v) is 13.3. The van der Waals surface area contributed by atoms with Gasteiger partial charge in [-0.2, -0.15) is 0 Å². The van der Waals surface area contributed by atoms with Gasteiger partial charge in [0, 0.05) is 37.8 Å². The molecule has 23 heavy (non-hydrogen) atoms. The van der Waals surface area contributed by atoms with Crippen LogP contribution in [-0.4, -0.2) is 22.9 Å². The van der Waals surface area contributed by atoms with Crippen LogP contribution in [0.5, 0.6) is 0 Å². The molecule has 7 heteroatoms. The molecule has 0 aromatic heterocycles. The van der Waals surface area contributed by atoms with Gasteiger partial charge in [-0.15, -0.1) is 12.4 Å². The third-order valence-electron chi connectivity index (χ3n) is 3.33. The maximum atomic E-state index is 13.4. The van der Waals surface area contributed by atoms with E-state index < -0.39 is 10.7 Å². The number of nitro benzene ring substituents is 1. The van der Waals surface area contributed by atoms with Gasteiger partial charge in [-0.05, 0) is 17.7 Å². The molecule has 124 valence electrons. The molecule has 0 unspecified atom stereocenters. The second kappa shape index (κ2) is 9.19. The molecule has 0 aliphatic heterocycles. The van der Waals surface area contributed by atoms with E-state index in [0.717, 1.165) is 11.6 Å². The van der Waals surface area contributed by atoms with Crippen molar-refractivity contribution in [3.63, 3.8) is 0 Å². The van der Waals surface area contributed by atoms with Crippen LogP contribution in [0.3, 0.4) is 0 Å². The normalized spacial score (nSPS) is 10.4. The SMILES string of the molecule is Cl.NCCN(Cc1ccccc1)Cc1cc(F)ccc1[N+](=O)[O-]. The standard InChI is InChI=1S/C16H18FN3O2.ClH/c17-15-6-7-16(20(21)22)14(10-15)12-19(9-8-18)11-13-4-2-1-3-5-13;/h1-7,10H,8-9,11-12,18H2;1H. The fraction of sp³-hybridized carbons (Fsp3) is 0.250. The van der Waals surface area contributed by atoms with E-state index in [4.69, 9.17) is 5.73 Å². The highest BCUT2D eigenvalue weighted by Crippen LogP contribution is 2.22. The Balaban J connectivity index is 0.00000264. The number of hydrogen-bond donors (Lipinski definition) is 1. The Morgan fingerprint density at radius 3 is 2.43 bits per heavy atom. The first-order valence-corrected chi connectivity index (χ1v) is 6.99. The van der Waals surface area contributed by atoms with Gasteiger partial charge < -0.3 is 5.73 Å². The average molecular weight is 340 g/mol. The zero-order chi connectivity index (χ0) is 15.9. The maximum absolute atomic E-state index is 13.4. The summed E-state index contributed by atoms with van der Waals surface area (Å²) in [6, 6.07) is 13.3. The molecule has 0 amide bonds. The Hall–Kier alpha value is -2.02. The lowest BCUT2D eigenvalue weighted by molar-refractivity contribution is -0.385. The molecule has 0 saturated heterocycles. The van der Waals surface area contributed by atoms with E-state index >= 15 is 0 Å². The highest BCUT2D eigenvalue weighted by molar-refractivity contribution is 5.85. The highest BCUT2D eigenvalue weighted by Gasteiger charge is 2.17. The number of hydrogen-bond acceptors (Lipinski definition) is 4. The van der Waals surface area contributed by atoms with Crippen molar-refractivity contribution in [2.24, 2.45) is 5.73 Å². The summed E-state index contributed by atoms with van der Waals surface area (Å²) in [6.45, 7) is 1.88. The molecule has 0 bridgehead atoms. The number of nitrogens with zero attached hydrogens (tertiary/aromatic N) is 2. The predicted molar refractivity (Wildman–Crippen MR) is 89.9 cm³/mol. The Labute approximate surface area is 140 Å². The van der Waals surface area contributed by atoms with Crippen LogP contribution in [0, 0.1) is 15.9 Å². The van der Waals surface area contributed by atoms with E-state index in [1.807, 2.05) is 35.2 Å². The third kappa shape index (κ3) is 5.59. The molecule has 2 N–H and O–H groups in total. The summed E-state index contributed by atoms with van der Waals surface area (Å²) in [5.41, 5.74) is 6.98. The number of halogens is 2. The van der Waals surface area contributed by atoms with Crippen LogP contribution in [0.15, 0.2) is 48.5 Å². The topological polar surface area (TPSA) is 72.4 Å². The maximum Gasteiger partial charge on any atom is 0.274 e. The van der Waals surface area contributed by atoms with Crippen LogP contribution in [-0.2, 0) is 13.1 Å². The van der Waals surface area contributed by atoms with Crippen LogP contribution < -0.4 is 5.73 Å². The van der Waals surface area contributed by atoms with Crippen molar-refractivity contribution in [3.8, 4) is 0 Å². The quantitative estimate of drug-likeness (QED) is 0.621. The van der Waals surface area contributed by atoms with E-state index in [0.29, 0.717) is 25.2 Å². The lowest BCUT2D eigenvalue weighted by Gasteiger charge is -2.21. The molecular formula is C16H19ClFN3O2. The molecule has 2 aromatic carbocycles. The van der Waals surface area contributed by atoms with E-state index in [9.17, 15) is 14.5 Å². The van der Waals surface area contributed by atoms with E-state index in [1.165, 1.54) is 12.1 Å². The Bertz CT molecular complexity index is 640. The van der Waals surface area contributed by atoms with Gasteiger partial charge in [0.25, 0.3) is 5.69 Å². The van der Waals surface area contributed by atoms with Gasteiger partial charge in [0.05, 0.1) is 4.92 Å². The van der Waals surface area contributed by atoms with Gasteiger partial charge in [-0.3, -0.25) is 15.0 Å². The molecule has 2 aromatic rings. The van der Waals surface area contributed by atoms with Crippen LogP contribution in [0.1, 0.15) is 11.1 Å². The highest BCUT2D eigenvalue weighted by atomic mass is 35.5. The van der Waals surface area contributed by atoms with Crippen molar-refractivity contribution in [1.82, 2.24) is 4.90 Å². The van der Waals surface area contributed by atoms with Crippen molar-refractivity contribution in [2.45, 2.75) is 13.1 Å². The van der Waals surface area contributed by atoms with Crippen LogP contribution in [0.2, 0.25) is 0 Å². The second-order valence-corrected chi connectivity index (χ2v) is 5.02. The molecule has 0 spiro atoms. The van der Waals surface area contributed by atoms with Gasteiger partial charge in [0.2, 0.25) is 0 Å². The van der Waals surface area contributed by atoms with Crippen molar-refractivity contribution in [2.75, 3.05) is 13.1 Å². The number of nitrogens with two attached hydrogens (primary N) is 1. The Morgan fingerprint density at radius 2 is 1.83 bits per heavy atom. The summed E-state index contributed by atoms with van der Waals surface area (Å²) in [7, 11) is 0. The van der Waals surface area contributed by atoms with Gasteiger partial charge in [-0.1, -0.05) is 30.3 Å². The van der Waals surface area contributed by atoms with E-state index in [-0.39, 0.29) is 24.6 Å². The van der Waals surface area contributed by atoms with Gasteiger partial charge in [0.1, 0.15) is 5.82 Å². The molecule has 2 rings (SSSR count). The van der Waals surface area contributed by atoms with E-state index in [2.05, 4.69) is 0 Å². The van der Waals surface area contributed by atoms with Gasteiger partial charge in [0.15, 0.2) is 0 Å². The van der Waals surface area contributed by atoms with Crippen molar-refractivity contribution < 1.29 is 9.31 Å². The first-order chi connectivity index (χ1) is 10.6.